The number of aryl methyl sites for hydroxylation is 1. The number of ether oxygens (including phenoxy) is 2. The average Bonchev–Trinajstić information content (AvgIpc) is 3.13. The minimum absolute atomic E-state index is 0.0133. The number of unbranched alkanes of at least 4 members (excludes halogenated alkanes) is 1. The Morgan fingerprint density at radius 1 is 1.29 bits per heavy atom. The first-order valence-corrected chi connectivity index (χ1v) is 11.5. The molecule has 0 fully saturated rings. The van der Waals surface area contributed by atoms with Gasteiger partial charge in [0, 0.05) is 22.6 Å². The van der Waals surface area contributed by atoms with Gasteiger partial charge in [-0.3, -0.25) is 0 Å². The molecule has 0 radical (unpaired) electrons. The van der Waals surface area contributed by atoms with E-state index in [2.05, 4.69) is 49.0 Å². The van der Waals surface area contributed by atoms with Gasteiger partial charge >= 0.3 is 6.09 Å². The zero-order valence-corrected chi connectivity index (χ0v) is 20.6. The second-order valence-corrected chi connectivity index (χ2v) is 9.34. The van der Waals surface area contributed by atoms with Crippen molar-refractivity contribution in [1.29, 1.82) is 0 Å². The Balaban J connectivity index is 2.66. The summed E-state index contributed by atoms with van der Waals surface area (Å²) < 4.78 is 12.5. The van der Waals surface area contributed by atoms with E-state index in [0.717, 1.165) is 24.2 Å². The van der Waals surface area contributed by atoms with E-state index in [4.69, 9.17) is 26.1 Å². The number of methoxy groups -OCH3 is 1. The first-order chi connectivity index (χ1) is 14.7. The molecule has 9 heteroatoms. The minimum Gasteiger partial charge on any atom is -0.496 e. The number of amides is 1. The second kappa shape index (κ2) is 11.3. The quantitative estimate of drug-likeness (QED) is 0.341. The van der Waals surface area contributed by atoms with Crippen LogP contribution in [0.25, 0.3) is 0 Å². The molecule has 0 aliphatic carbocycles. The number of thiazole rings is 1. The van der Waals surface area contributed by atoms with Crippen LogP contribution in [-0.2, 0) is 16.7 Å². The standard InChI is InChI=1S/C22H31ClN4O3S/c1-7-9-12-27-14-18(22(3,4)5)31-20(27)24-19(25-26-21(28)30-8-2)16-13-15(23)10-11-17(16)29-6/h10-11,13-14H,7-9,12H2,1-6H3,(H,26,28)/b24-20?,25-19-. The van der Waals surface area contributed by atoms with Gasteiger partial charge in [-0.25, -0.2) is 10.2 Å². The molecule has 1 aromatic heterocycles. The Morgan fingerprint density at radius 3 is 2.65 bits per heavy atom. The van der Waals surface area contributed by atoms with Crippen LogP contribution in [0.15, 0.2) is 34.5 Å². The van der Waals surface area contributed by atoms with E-state index in [0.29, 0.717) is 16.3 Å². The Labute approximate surface area is 192 Å². The zero-order valence-electron chi connectivity index (χ0n) is 19.0. The van der Waals surface area contributed by atoms with Crippen molar-refractivity contribution >= 4 is 34.9 Å². The zero-order chi connectivity index (χ0) is 23.0. The lowest BCUT2D eigenvalue weighted by atomic mass is 9.95. The SMILES string of the molecule is CCCCn1cc(C(C)(C)C)sc1=N/C(=N\NC(=O)OCC)c1cc(Cl)ccc1OC. The highest BCUT2D eigenvalue weighted by atomic mass is 35.5. The number of nitrogens with zero attached hydrogens (tertiary/aromatic N) is 3. The van der Waals surface area contributed by atoms with E-state index in [9.17, 15) is 4.79 Å². The van der Waals surface area contributed by atoms with Gasteiger partial charge in [-0.2, -0.15) is 4.99 Å². The monoisotopic (exact) mass is 466 g/mol. The predicted octanol–water partition coefficient (Wildman–Crippen LogP) is 5.32. The second-order valence-electron chi connectivity index (χ2n) is 7.90. The van der Waals surface area contributed by atoms with Gasteiger partial charge in [-0.1, -0.05) is 45.7 Å². The molecule has 0 bridgehead atoms. The fourth-order valence-electron chi connectivity index (χ4n) is 2.66. The summed E-state index contributed by atoms with van der Waals surface area (Å²) in [6.07, 6.45) is 3.59. The average molecular weight is 467 g/mol. The molecule has 1 amide bonds. The lowest BCUT2D eigenvalue weighted by Crippen LogP contribution is -2.23. The first kappa shape index (κ1) is 24.9. The number of benzene rings is 1. The predicted molar refractivity (Wildman–Crippen MR) is 126 cm³/mol. The molecule has 1 heterocycles. The molecule has 0 saturated heterocycles. The van der Waals surface area contributed by atoms with Gasteiger partial charge in [0.15, 0.2) is 10.6 Å². The van der Waals surface area contributed by atoms with E-state index in [1.807, 2.05) is 0 Å². The Bertz CT molecular complexity index is 989. The summed E-state index contributed by atoms with van der Waals surface area (Å²) in [6.45, 7) is 11.5. The van der Waals surface area contributed by atoms with E-state index in [1.54, 1.807) is 43.6 Å². The maximum absolute atomic E-state index is 11.9. The van der Waals surface area contributed by atoms with Crippen LogP contribution >= 0.6 is 22.9 Å². The summed E-state index contributed by atoms with van der Waals surface area (Å²) in [6, 6.07) is 5.18. The lowest BCUT2D eigenvalue weighted by molar-refractivity contribution is 0.152. The molecule has 0 aliphatic heterocycles. The number of aromatic nitrogens is 1. The number of hydrogen-bond acceptors (Lipinski definition) is 5. The summed E-state index contributed by atoms with van der Waals surface area (Å²) in [5.41, 5.74) is 2.96. The van der Waals surface area contributed by atoms with Crippen LogP contribution in [0, 0.1) is 0 Å². The summed E-state index contributed by atoms with van der Waals surface area (Å²) in [5, 5.41) is 4.74. The molecule has 1 N–H and O–H groups in total. The summed E-state index contributed by atoms with van der Waals surface area (Å²) in [7, 11) is 1.56. The van der Waals surface area contributed by atoms with E-state index < -0.39 is 6.09 Å². The Morgan fingerprint density at radius 2 is 2.03 bits per heavy atom. The van der Waals surface area contributed by atoms with Gasteiger partial charge in [0.05, 0.1) is 19.3 Å². The third-order valence-corrected chi connectivity index (χ3v) is 6.03. The fraction of sp³-hybridized carbons (Fsp3) is 0.500. The molecule has 2 aromatic rings. The van der Waals surface area contributed by atoms with Crippen LogP contribution in [0.2, 0.25) is 5.02 Å². The van der Waals surface area contributed by atoms with Crippen LogP contribution in [0.3, 0.4) is 0 Å². The van der Waals surface area contributed by atoms with Crippen molar-refractivity contribution in [1.82, 2.24) is 9.99 Å². The summed E-state index contributed by atoms with van der Waals surface area (Å²) >= 11 is 7.83. The third-order valence-electron chi connectivity index (χ3n) is 4.34. The van der Waals surface area contributed by atoms with Crippen molar-refractivity contribution in [3.05, 3.63) is 44.7 Å². The number of halogens is 1. The Kier molecular flexibility index (Phi) is 9.13. The van der Waals surface area contributed by atoms with Gasteiger partial charge in [-0.05, 0) is 37.0 Å². The summed E-state index contributed by atoms with van der Waals surface area (Å²) in [4.78, 5) is 18.7. The van der Waals surface area contributed by atoms with Crippen LogP contribution < -0.4 is 15.0 Å². The number of hydrogen-bond donors (Lipinski definition) is 1. The molecular formula is C22H31ClN4O3S. The normalized spacial score (nSPS) is 12.7. The smallest absolute Gasteiger partial charge is 0.427 e. The fourth-order valence-corrected chi connectivity index (χ4v) is 3.90. The molecule has 1 aromatic carbocycles. The van der Waals surface area contributed by atoms with Crippen LogP contribution in [0.5, 0.6) is 5.75 Å². The number of carbonyl (C=O) groups is 1. The first-order valence-electron chi connectivity index (χ1n) is 10.3. The van der Waals surface area contributed by atoms with Gasteiger partial charge < -0.3 is 14.0 Å². The van der Waals surface area contributed by atoms with Gasteiger partial charge in [0.1, 0.15) is 5.75 Å². The molecule has 170 valence electrons. The lowest BCUT2D eigenvalue weighted by Gasteiger charge is -2.14. The maximum Gasteiger partial charge on any atom is 0.427 e. The minimum atomic E-state index is -0.656. The molecule has 2 rings (SSSR count). The van der Waals surface area contributed by atoms with Crippen molar-refractivity contribution in [2.45, 2.75) is 59.4 Å². The summed E-state index contributed by atoms with van der Waals surface area (Å²) in [5.74, 6) is 0.824. The topological polar surface area (TPSA) is 77.2 Å². The Hall–Kier alpha value is -2.32. The number of carbonyl (C=O) groups excluding carboxylic acids is 1. The van der Waals surface area contributed by atoms with Crippen molar-refractivity contribution in [3.8, 4) is 5.75 Å². The number of rotatable bonds is 7. The molecule has 7 nitrogen and oxygen atoms in total. The highest BCUT2D eigenvalue weighted by Crippen LogP contribution is 2.26. The molecule has 0 aliphatic rings. The third kappa shape index (κ3) is 7.11. The van der Waals surface area contributed by atoms with E-state index in [1.165, 1.54) is 4.88 Å². The van der Waals surface area contributed by atoms with Crippen molar-refractivity contribution in [3.63, 3.8) is 0 Å². The molecule has 0 atom stereocenters. The van der Waals surface area contributed by atoms with Gasteiger partial charge in [-0.15, -0.1) is 16.4 Å². The molecule has 0 spiro atoms. The maximum atomic E-state index is 11.9. The number of nitrogens with one attached hydrogen (secondary N) is 1. The highest BCUT2D eigenvalue weighted by Gasteiger charge is 2.19. The van der Waals surface area contributed by atoms with Crippen LogP contribution in [-0.4, -0.2) is 30.2 Å². The molecule has 31 heavy (non-hydrogen) atoms. The molecular weight excluding hydrogens is 436 g/mol. The largest absolute Gasteiger partial charge is 0.496 e. The van der Waals surface area contributed by atoms with E-state index >= 15 is 0 Å². The highest BCUT2D eigenvalue weighted by molar-refractivity contribution is 7.09. The number of hydrazone groups is 1. The molecule has 0 saturated carbocycles. The van der Waals surface area contributed by atoms with Crippen LogP contribution in [0.4, 0.5) is 4.79 Å². The van der Waals surface area contributed by atoms with E-state index in [-0.39, 0.29) is 17.9 Å². The number of amidine groups is 1. The van der Waals surface area contributed by atoms with Gasteiger partial charge in [0.25, 0.3) is 0 Å². The van der Waals surface area contributed by atoms with Crippen molar-refractivity contribution in [2.75, 3.05) is 13.7 Å². The van der Waals surface area contributed by atoms with Crippen LogP contribution in [0.1, 0.15) is 57.9 Å². The van der Waals surface area contributed by atoms with Crippen molar-refractivity contribution in [2.24, 2.45) is 10.1 Å². The van der Waals surface area contributed by atoms with Crippen molar-refractivity contribution < 1.29 is 14.3 Å². The molecule has 0 unspecified atom stereocenters. The van der Waals surface area contributed by atoms with Gasteiger partial charge in [0.2, 0.25) is 0 Å².